The Bertz CT molecular complexity index is 760. The molecule has 26 heavy (non-hydrogen) atoms. The Morgan fingerprint density at radius 3 is 2.35 bits per heavy atom. The van der Waals surface area contributed by atoms with Crippen molar-refractivity contribution in [3.05, 3.63) is 72.6 Å². The lowest BCUT2D eigenvalue weighted by molar-refractivity contribution is 0.0769. The lowest BCUT2D eigenvalue weighted by Gasteiger charge is -2.21. The maximum absolute atomic E-state index is 10.1. The van der Waals surface area contributed by atoms with Crippen LogP contribution in [-0.2, 0) is 4.74 Å². The molecule has 0 bridgehead atoms. The molecule has 138 valence electrons. The van der Waals surface area contributed by atoms with Crippen molar-refractivity contribution in [2.24, 2.45) is 0 Å². The van der Waals surface area contributed by atoms with E-state index in [1.165, 1.54) is 4.90 Å². The third-order valence-corrected chi connectivity index (χ3v) is 5.83. The molecule has 4 nitrogen and oxygen atoms in total. The Morgan fingerprint density at radius 1 is 1.04 bits per heavy atom. The first-order chi connectivity index (χ1) is 12.6. The van der Waals surface area contributed by atoms with Crippen LogP contribution in [0.25, 0.3) is 0 Å². The van der Waals surface area contributed by atoms with Gasteiger partial charge < -0.3 is 15.2 Å². The number of benzene rings is 2. The first kappa shape index (κ1) is 18.7. The quantitative estimate of drug-likeness (QED) is 0.695. The highest BCUT2D eigenvalue weighted by Gasteiger charge is 2.19. The van der Waals surface area contributed by atoms with Crippen LogP contribution in [0.4, 0.5) is 5.69 Å². The number of allylic oxidation sites excluding steroid dienone is 1. The lowest BCUT2D eigenvalue weighted by Crippen LogP contribution is -2.34. The normalized spacial score (nSPS) is 17.8. The van der Waals surface area contributed by atoms with E-state index in [0.717, 1.165) is 11.4 Å². The van der Waals surface area contributed by atoms with Gasteiger partial charge in [0.05, 0.1) is 11.9 Å². The van der Waals surface area contributed by atoms with Gasteiger partial charge in [0.1, 0.15) is 18.5 Å². The van der Waals surface area contributed by atoms with Gasteiger partial charge in [-0.25, -0.2) is 0 Å². The van der Waals surface area contributed by atoms with Gasteiger partial charge in [-0.3, -0.25) is 4.31 Å². The minimum absolute atomic E-state index is 0.242. The SMILES string of the molecule is CC(C)NCC(O)COC1=CN(c2ccccc2)S(c2ccccc2)=C1. The minimum atomic E-state index is -0.531. The molecule has 0 amide bonds. The molecule has 1 aliphatic heterocycles. The largest absolute Gasteiger partial charge is 0.489 e. The van der Waals surface area contributed by atoms with Crippen LogP contribution in [0.3, 0.4) is 0 Å². The second kappa shape index (κ2) is 9.03. The molecule has 0 saturated heterocycles. The van der Waals surface area contributed by atoms with Gasteiger partial charge in [0.15, 0.2) is 0 Å². The minimum Gasteiger partial charge on any atom is -0.489 e. The average molecular weight is 371 g/mol. The summed E-state index contributed by atoms with van der Waals surface area (Å²) in [4.78, 5) is 1.23. The number of aliphatic hydroxyl groups is 1. The molecule has 1 aliphatic rings. The summed E-state index contributed by atoms with van der Waals surface area (Å²) in [6, 6.07) is 21.0. The molecule has 1 heterocycles. The zero-order valence-electron chi connectivity index (χ0n) is 15.2. The fourth-order valence-electron chi connectivity index (χ4n) is 2.57. The number of aliphatic hydroxyl groups excluding tert-OH is 1. The predicted molar refractivity (Wildman–Crippen MR) is 110 cm³/mol. The summed E-state index contributed by atoms with van der Waals surface area (Å²) in [5.74, 6) is 0.796. The zero-order valence-corrected chi connectivity index (χ0v) is 16.0. The summed E-state index contributed by atoms with van der Waals surface area (Å²) in [6.07, 6.45) is 1.49. The van der Waals surface area contributed by atoms with Gasteiger partial charge in [-0.15, -0.1) is 0 Å². The molecule has 0 spiro atoms. The number of anilines is 1. The van der Waals surface area contributed by atoms with Gasteiger partial charge in [-0.2, -0.15) is 0 Å². The van der Waals surface area contributed by atoms with Gasteiger partial charge in [0.25, 0.3) is 0 Å². The van der Waals surface area contributed by atoms with Gasteiger partial charge >= 0.3 is 0 Å². The second-order valence-corrected chi connectivity index (χ2v) is 8.20. The van der Waals surface area contributed by atoms with Crippen molar-refractivity contribution in [1.82, 2.24) is 5.32 Å². The molecule has 2 unspecified atom stereocenters. The number of nitrogens with one attached hydrogen (secondary N) is 1. The Kier molecular flexibility index (Phi) is 6.50. The van der Waals surface area contributed by atoms with Crippen LogP contribution in [0.15, 0.2) is 77.5 Å². The van der Waals surface area contributed by atoms with E-state index in [4.69, 9.17) is 4.74 Å². The summed E-state index contributed by atoms with van der Waals surface area (Å²) in [5.41, 5.74) is 1.12. The second-order valence-electron chi connectivity index (χ2n) is 6.47. The van der Waals surface area contributed by atoms with Crippen LogP contribution in [0.5, 0.6) is 0 Å². The van der Waals surface area contributed by atoms with Gasteiger partial charge in [0.2, 0.25) is 0 Å². The van der Waals surface area contributed by atoms with Crippen molar-refractivity contribution < 1.29 is 9.84 Å². The molecule has 0 saturated carbocycles. The molecule has 0 radical (unpaired) electrons. The van der Waals surface area contributed by atoms with Crippen LogP contribution < -0.4 is 9.62 Å². The molecule has 5 heteroatoms. The van der Waals surface area contributed by atoms with E-state index in [9.17, 15) is 5.11 Å². The highest BCUT2D eigenvalue weighted by Crippen LogP contribution is 2.39. The van der Waals surface area contributed by atoms with Gasteiger partial charge in [0, 0.05) is 22.8 Å². The van der Waals surface area contributed by atoms with Crippen molar-refractivity contribution in [1.29, 1.82) is 0 Å². The fraction of sp³-hybridized carbons (Fsp3) is 0.286. The molecular formula is C21H26N2O2S. The first-order valence-electron chi connectivity index (χ1n) is 8.87. The van der Waals surface area contributed by atoms with E-state index in [0.29, 0.717) is 12.6 Å². The Morgan fingerprint density at radius 2 is 1.69 bits per heavy atom. The molecule has 2 atom stereocenters. The van der Waals surface area contributed by atoms with E-state index in [-0.39, 0.29) is 17.3 Å². The summed E-state index contributed by atoms with van der Waals surface area (Å²) in [6.45, 7) is 4.92. The van der Waals surface area contributed by atoms with Gasteiger partial charge in [-0.05, 0) is 24.3 Å². The van der Waals surface area contributed by atoms with E-state index in [2.05, 4.69) is 65.2 Å². The standard InChI is InChI=1S/C21H26N2O2S/c1-17(2)22-13-19(24)15-25-20-14-23(18-9-5-3-6-10-18)26(16-20)21-11-7-4-8-12-21/h3-12,14,16-17,19,22,24H,13,15H2,1-2H3. The lowest BCUT2D eigenvalue weighted by atomic mass is 10.3. The summed E-state index contributed by atoms with van der Waals surface area (Å²) in [5, 5.41) is 15.4. The highest BCUT2D eigenvalue weighted by atomic mass is 32.2. The van der Waals surface area contributed by atoms with Crippen molar-refractivity contribution in [2.75, 3.05) is 17.5 Å². The first-order valence-corrected chi connectivity index (χ1v) is 10.1. The number of para-hydroxylation sites is 1. The third-order valence-electron chi connectivity index (χ3n) is 3.88. The maximum Gasteiger partial charge on any atom is 0.144 e. The predicted octanol–water partition coefficient (Wildman–Crippen LogP) is 3.77. The molecule has 2 aromatic carbocycles. The molecule has 2 N–H and O–H groups in total. The Hall–Kier alpha value is -2.08. The average Bonchev–Trinajstić information content (AvgIpc) is 3.10. The van der Waals surface area contributed by atoms with Crippen LogP contribution in [0, 0.1) is 0 Å². The number of rotatable bonds is 8. The van der Waals surface area contributed by atoms with E-state index < -0.39 is 6.10 Å². The monoisotopic (exact) mass is 370 g/mol. The molecule has 0 fully saturated rings. The number of nitrogens with zero attached hydrogens (tertiary/aromatic N) is 1. The van der Waals surface area contributed by atoms with Crippen molar-refractivity contribution in [2.45, 2.75) is 30.9 Å². The van der Waals surface area contributed by atoms with Crippen molar-refractivity contribution in [3.8, 4) is 0 Å². The summed E-state index contributed by atoms with van der Waals surface area (Å²) < 4.78 is 8.11. The van der Waals surface area contributed by atoms with E-state index in [1.807, 2.05) is 30.5 Å². The summed E-state index contributed by atoms with van der Waals surface area (Å²) in [7, 11) is -0.242. The maximum atomic E-state index is 10.1. The number of hydrogen-bond donors (Lipinski definition) is 2. The zero-order chi connectivity index (χ0) is 18.4. The van der Waals surface area contributed by atoms with E-state index in [1.54, 1.807) is 0 Å². The molecule has 2 aromatic rings. The van der Waals surface area contributed by atoms with Crippen molar-refractivity contribution in [3.63, 3.8) is 0 Å². The van der Waals surface area contributed by atoms with Gasteiger partial charge in [-0.1, -0.05) is 60.9 Å². The summed E-state index contributed by atoms with van der Waals surface area (Å²) >= 11 is 0. The van der Waals surface area contributed by atoms with Crippen molar-refractivity contribution >= 4 is 21.7 Å². The molecular weight excluding hydrogens is 344 g/mol. The van der Waals surface area contributed by atoms with Crippen LogP contribution >= 0.6 is 10.7 Å². The Balaban J connectivity index is 1.74. The Labute approximate surface area is 158 Å². The number of hydrogen-bond acceptors (Lipinski definition) is 4. The topological polar surface area (TPSA) is 44.7 Å². The van der Waals surface area contributed by atoms with Crippen LogP contribution in [0.1, 0.15) is 13.8 Å². The highest BCUT2D eigenvalue weighted by molar-refractivity contribution is 8.16. The molecule has 0 aromatic heterocycles. The van der Waals surface area contributed by atoms with Crippen LogP contribution in [0.2, 0.25) is 0 Å². The smallest absolute Gasteiger partial charge is 0.144 e. The van der Waals surface area contributed by atoms with E-state index >= 15 is 0 Å². The molecule has 0 aliphatic carbocycles. The third kappa shape index (κ3) is 4.97. The fourth-order valence-corrected chi connectivity index (χ4v) is 4.40. The van der Waals surface area contributed by atoms with Crippen LogP contribution in [-0.4, -0.2) is 35.8 Å². The number of ether oxygens (including phenoxy) is 1. The molecule has 3 rings (SSSR count).